The fourth-order valence-electron chi connectivity index (χ4n) is 7.13. The van der Waals surface area contributed by atoms with E-state index in [1.807, 2.05) is 45.1 Å². The van der Waals surface area contributed by atoms with Gasteiger partial charge >= 0.3 is 5.97 Å². The summed E-state index contributed by atoms with van der Waals surface area (Å²) in [6.07, 6.45) is 9.59. The summed E-state index contributed by atoms with van der Waals surface area (Å²) in [4.78, 5) is 48.1. The third kappa shape index (κ3) is 4.73. The van der Waals surface area contributed by atoms with Crippen molar-refractivity contribution in [2.75, 3.05) is 59.2 Å². The van der Waals surface area contributed by atoms with Gasteiger partial charge in [0.05, 0.1) is 38.4 Å². The van der Waals surface area contributed by atoms with Gasteiger partial charge in [0, 0.05) is 32.7 Å². The van der Waals surface area contributed by atoms with Crippen molar-refractivity contribution in [1.82, 2.24) is 14.7 Å². The zero-order chi connectivity index (χ0) is 27.8. The zero-order valence-electron chi connectivity index (χ0n) is 23.4. The number of carbonyl (C=O) groups excluding carboxylic acids is 3. The van der Waals surface area contributed by atoms with Crippen LogP contribution >= 0.6 is 0 Å². The number of ether oxygens (including phenoxy) is 3. The standard InChI is InChI=1S/C29H43N3O7/c1-4-28-9-6-5-7-16-38-27(36)23(28)22-25(34)32(21(19-33)20(2)3)24-26(35)31(11-8-10-29(22,24)39-28)13-12-30-14-17-37-18-15-30/h6,8-10,20-24,33H,4-5,7,11-19H2,1-3H3/b9-6-/t21-,22-,23+,24?,28-,29-/m0/s1. The van der Waals surface area contributed by atoms with Crippen LogP contribution in [0.15, 0.2) is 24.3 Å². The number of carbonyl (C=O) groups is 3. The van der Waals surface area contributed by atoms with Gasteiger partial charge in [-0.05, 0) is 25.2 Å². The minimum Gasteiger partial charge on any atom is -0.465 e. The molecule has 10 nitrogen and oxygen atoms in total. The Morgan fingerprint density at radius 2 is 1.79 bits per heavy atom. The highest BCUT2D eigenvalue weighted by atomic mass is 16.6. The van der Waals surface area contributed by atoms with Crippen molar-refractivity contribution in [2.24, 2.45) is 17.8 Å². The summed E-state index contributed by atoms with van der Waals surface area (Å²) in [5, 5.41) is 10.4. The lowest BCUT2D eigenvalue weighted by molar-refractivity contribution is -0.163. The van der Waals surface area contributed by atoms with Gasteiger partial charge in [-0.15, -0.1) is 0 Å². The molecule has 1 spiro atoms. The number of allylic oxidation sites excluding steroid dienone is 1. The first kappa shape index (κ1) is 28.3. The fraction of sp³-hybridized carbons (Fsp3) is 0.759. The molecule has 3 saturated heterocycles. The Morgan fingerprint density at radius 3 is 2.49 bits per heavy atom. The summed E-state index contributed by atoms with van der Waals surface area (Å²) in [6.45, 7) is 10.3. The quantitative estimate of drug-likeness (QED) is 0.373. The summed E-state index contributed by atoms with van der Waals surface area (Å²) in [5.41, 5.74) is -2.40. The van der Waals surface area contributed by atoms with Crippen LogP contribution in [0.1, 0.15) is 40.0 Å². The van der Waals surface area contributed by atoms with Crippen LogP contribution in [-0.2, 0) is 28.6 Å². The van der Waals surface area contributed by atoms with E-state index in [9.17, 15) is 19.5 Å². The van der Waals surface area contributed by atoms with Crippen molar-refractivity contribution in [3.63, 3.8) is 0 Å². The first-order chi connectivity index (χ1) is 18.8. The number of hydrogen-bond acceptors (Lipinski definition) is 8. The monoisotopic (exact) mass is 545 g/mol. The fourth-order valence-corrected chi connectivity index (χ4v) is 7.13. The molecule has 0 saturated carbocycles. The molecular formula is C29H43N3O7. The average Bonchev–Trinajstić information content (AvgIpc) is 3.31. The van der Waals surface area contributed by atoms with Gasteiger partial charge in [-0.2, -0.15) is 0 Å². The lowest BCUT2D eigenvalue weighted by atomic mass is 9.73. The van der Waals surface area contributed by atoms with E-state index < -0.39 is 41.1 Å². The lowest BCUT2D eigenvalue weighted by Crippen LogP contribution is -2.60. The topological polar surface area (TPSA) is 109 Å². The Kier molecular flexibility index (Phi) is 8.20. The molecule has 2 amide bonds. The molecule has 5 heterocycles. The molecule has 3 fully saturated rings. The molecule has 0 aromatic rings. The Bertz CT molecular complexity index is 1010. The molecule has 5 aliphatic heterocycles. The smallest absolute Gasteiger partial charge is 0.313 e. The number of hydrogen-bond donors (Lipinski definition) is 1. The molecule has 6 atom stereocenters. The summed E-state index contributed by atoms with van der Waals surface area (Å²) in [6, 6.07) is -1.58. The maximum atomic E-state index is 14.5. The number of amides is 2. The van der Waals surface area contributed by atoms with E-state index in [-0.39, 0.29) is 30.9 Å². The van der Waals surface area contributed by atoms with Crippen LogP contribution in [0.5, 0.6) is 0 Å². The molecule has 5 rings (SSSR count). The zero-order valence-corrected chi connectivity index (χ0v) is 23.4. The molecule has 0 bridgehead atoms. The Labute approximate surface area is 230 Å². The van der Waals surface area contributed by atoms with E-state index in [2.05, 4.69) is 4.90 Å². The number of nitrogens with zero attached hydrogens (tertiary/aromatic N) is 3. The molecule has 0 radical (unpaired) electrons. The van der Waals surface area contributed by atoms with Crippen LogP contribution in [0.3, 0.4) is 0 Å². The first-order valence-corrected chi connectivity index (χ1v) is 14.5. The molecule has 1 unspecified atom stereocenters. The molecule has 39 heavy (non-hydrogen) atoms. The van der Waals surface area contributed by atoms with Gasteiger partial charge in [0.15, 0.2) is 0 Å². The molecule has 0 aromatic heterocycles. The van der Waals surface area contributed by atoms with E-state index >= 15 is 0 Å². The van der Waals surface area contributed by atoms with Crippen molar-refractivity contribution >= 4 is 17.8 Å². The molecule has 216 valence electrons. The van der Waals surface area contributed by atoms with Gasteiger partial charge in [0.1, 0.15) is 23.2 Å². The van der Waals surface area contributed by atoms with Crippen molar-refractivity contribution in [3.05, 3.63) is 24.3 Å². The van der Waals surface area contributed by atoms with Gasteiger partial charge in [-0.1, -0.05) is 45.1 Å². The van der Waals surface area contributed by atoms with Crippen LogP contribution < -0.4 is 0 Å². The summed E-state index contributed by atoms with van der Waals surface area (Å²) >= 11 is 0. The minimum absolute atomic E-state index is 0.111. The number of aliphatic hydroxyl groups is 1. The molecule has 0 aliphatic carbocycles. The summed E-state index contributed by atoms with van der Waals surface area (Å²) < 4.78 is 18.1. The highest BCUT2D eigenvalue weighted by Crippen LogP contribution is 2.58. The van der Waals surface area contributed by atoms with Crippen LogP contribution in [0.4, 0.5) is 0 Å². The highest BCUT2D eigenvalue weighted by Gasteiger charge is 2.76. The Morgan fingerprint density at radius 1 is 1.03 bits per heavy atom. The molecular weight excluding hydrogens is 502 g/mol. The van der Waals surface area contributed by atoms with Crippen molar-refractivity contribution < 1.29 is 33.7 Å². The van der Waals surface area contributed by atoms with E-state index in [1.54, 1.807) is 4.90 Å². The Hall–Kier alpha value is -2.27. The number of fused-ring (bicyclic) bond motifs is 2. The summed E-state index contributed by atoms with van der Waals surface area (Å²) in [7, 11) is 0. The maximum Gasteiger partial charge on any atom is 0.313 e. The van der Waals surface area contributed by atoms with Crippen LogP contribution in [0, 0.1) is 17.8 Å². The van der Waals surface area contributed by atoms with E-state index in [4.69, 9.17) is 14.2 Å². The number of aliphatic hydroxyl groups excluding tert-OH is 1. The second-order valence-corrected chi connectivity index (χ2v) is 11.7. The Balaban J connectivity index is 1.57. The first-order valence-electron chi connectivity index (χ1n) is 14.5. The number of cyclic esters (lactones) is 1. The van der Waals surface area contributed by atoms with Crippen LogP contribution in [0.2, 0.25) is 0 Å². The summed E-state index contributed by atoms with van der Waals surface area (Å²) in [5.74, 6) is -2.92. The van der Waals surface area contributed by atoms with E-state index in [0.29, 0.717) is 45.7 Å². The maximum absolute atomic E-state index is 14.5. The van der Waals surface area contributed by atoms with Gasteiger partial charge in [-0.25, -0.2) is 0 Å². The minimum atomic E-state index is -1.34. The van der Waals surface area contributed by atoms with Crippen molar-refractivity contribution in [2.45, 2.75) is 63.3 Å². The van der Waals surface area contributed by atoms with Gasteiger partial charge in [0.25, 0.3) is 0 Å². The van der Waals surface area contributed by atoms with Crippen LogP contribution in [0.25, 0.3) is 0 Å². The largest absolute Gasteiger partial charge is 0.465 e. The lowest BCUT2D eigenvalue weighted by Gasteiger charge is -2.42. The van der Waals surface area contributed by atoms with Gasteiger partial charge < -0.3 is 29.1 Å². The van der Waals surface area contributed by atoms with Crippen molar-refractivity contribution in [1.29, 1.82) is 0 Å². The normalized spacial score (nSPS) is 36.9. The third-order valence-corrected chi connectivity index (χ3v) is 9.26. The van der Waals surface area contributed by atoms with Gasteiger partial charge in [0.2, 0.25) is 11.8 Å². The SMILES string of the molecule is CC[C@]12/C=C\CCCOC(=O)[C@H]1[C@H]1C(=O)N([C@@H](CO)C(C)C)C3C(=O)N(CCN4CCOCC4)CC=C[C@@]31O2. The molecule has 0 aromatic carbocycles. The molecule has 5 aliphatic rings. The predicted octanol–water partition coefficient (Wildman–Crippen LogP) is 0.988. The number of likely N-dealkylation sites (tertiary alicyclic amines) is 1. The van der Waals surface area contributed by atoms with E-state index in [0.717, 1.165) is 19.5 Å². The second-order valence-electron chi connectivity index (χ2n) is 11.7. The number of esters is 1. The number of rotatable bonds is 7. The van der Waals surface area contributed by atoms with Crippen LogP contribution in [-0.4, -0.2) is 120 Å². The van der Waals surface area contributed by atoms with E-state index in [1.165, 1.54) is 4.90 Å². The van der Waals surface area contributed by atoms with Gasteiger partial charge in [-0.3, -0.25) is 19.3 Å². The molecule has 1 N–H and O–H groups in total. The molecule has 10 heteroatoms. The number of morpholine rings is 1. The highest BCUT2D eigenvalue weighted by molar-refractivity contribution is 5.99. The average molecular weight is 546 g/mol. The third-order valence-electron chi connectivity index (χ3n) is 9.26. The predicted molar refractivity (Wildman–Crippen MR) is 142 cm³/mol. The van der Waals surface area contributed by atoms with Crippen molar-refractivity contribution in [3.8, 4) is 0 Å². The second kappa shape index (κ2) is 11.3.